The Bertz CT molecular complexity index is 810. The highest BCUT2D eigenvalue weighted by Crippen LogP contribution is 2.36. The van der Waals surface area contributed by atoms with E-state index in [0.29, 0.717) is 18.6 Å². The molecule has 1 aromatic heterocycles. The first-order valence-corrected chi connectivity index (χ1v) is 7.86. The molecular weight excluding hydrogens is 292 g/mol. The van der Waals surface area contributed by atoms with Gasteiger partial charge in [-0.05, 0) is 52.3 Å². The summed E-state index contributed by atoms with van der Waals surface area (Å²) in [6, 6.07) is 7.07. The van der Waals surface area contributed by atoms with Gasteiger partial charge in [-0.15, -0.1) is 0 Å². The van der Waals surface area contributed by atoms with Crippen LogP contribution in [0.4, 0.5) is 0 Å². The molecule has 23 heavy (non-hydrogen) atoms. The Morgan fingerprint density at radius 2 is 1.96 bits per heavy atom. The Balaban J connectivity index is 1.96. The topological polar surface area (TPSA) is 52.0 Å². The van der Waals surface area contributed by atoms with Gasteiger partial charge in [0.05, 0.1) is 5.60 Å². The van der Waals surface area contributed by atoms with Gasteiger partial charge in [0.2, 0.25) is 0 Å². The number of benzene rings is 1. The fraction of sp³-hybridized carbons (Fsp3) is 0.421. The van der Waals surface area contributed by atoms with Gasteiger partial charge in [0.1, 0.15) is 24.0 Å². The first-order chi connectivity index (χ1) is 10.9. The number of allylic oxidation sites excluding steroid dienone is 2. The van der Waals surface area contributed by atoms with Crippen LogP contribution in [0.25, 0.3) is 11.0 Å². The lowest BCUT2D eigenvalue weighted by Crippen LogP contribution is -2.13. The zero-order chi connectivity index (χ0) is 16.6. The van der Waals surface area contributed by atoms with Crippen LogP contribution in [0.15, 0.2) is 45.1 Å². The number of hydrogen-bond acceptors (Lipinski definition) is 4. The molecule has 122 valence electrons. The molecule has 0 amide bonds. The Morgan fingerprint density at radius 3 is 2.61 bits per heavy atom. The second kappa shape index (κ2) is 5.85. The van der Waals surface area contributed by atoms with Crippen LogP contribution in [0, 0.1) is 0 Å². The number of fused-ring (bicyclic) bond motifs is 1. The SMILES string of the molecule is CC(C)=CCc1c(OC[C@@H]2OC2(C)C)ccc2ccc(=O)oc12. The Labute approximate surface area is 135 Å². The van der Waals surface area contributed by atoms with Crippen molar-refractivity contribution in [3.05, 3.63) is 51.9 Å². The van der Waals surface area contributed by atoms with Crippen LogP contribution < -0.4 is 10.4 Å². The zero-order valence-electron chi connectivity index (χ0n) is 14.0. The third-order valence-corrected chi connectivity index (χ3v) is 4.12. The molecule has 1 aliphatic heterocycles. The van der Waals surface area contributed by atoms with Crippen molar-refractivity contribution in [2.45, 2.75) is 45.8 Å². The van der Waals surface area contributed by atoms with Crippen LogP contribution in [-0.4, -0.2) is 18.3 Å². The molecule has 0 spiro atoms. The van der Waals surface area contributed by atoms with Crippen LogP contribution in [0.1, 0.15) is 33.3 Å². The molecule has 1 aliphatic rings. The van der Waals surface area contributed by atoms with Crippen molar-refractivity contribution in [3.8, 4) is 5.75 Å². The second-order valence-electron chi connectivity index (χ2n) is 6.72. The lowest BCUT2D eigenvalue weighted by Gasteiger charge is -2.12. The lowest BCUT2D eigenvalue weighted by molar-refractivity contribution is 0.253. The Kier molecular flexibility index (Phi) is 4.02. The van der Waals surface area contributed by atoms with Gasteiger partial charge in [0, 0.05) is 17.0 Å². The fourth-order valence-electron chi connectivity index (χ4n) is 2.54. The van der Waals surface area contributed by atoms with E-state index >= 15 is 0 Å². The average Bonchev–Trinajstić information content (AvgIpc) is 3.10. The zero-order valence-corrected chi connectivity index (χ0v) is 14.0. The summed E-state index contributed by atoms with van der Waals surface area (Å²) < 4.78 is 17.0. The molecular formula is C19H22O4. The molecule has 0 saturated carbocycles. The molecule has 2 heterocycles. The van der Waals surface area contributed by atoms with E-state index in [1.54, 1.807) is 6.07 Å². The second-order valence-corrected chi connectivity index (χ2v) is 6.72. The van der Waals surface area contributed by atoms with Crippen molar-refractivity contribution in [1.29, 1.82) is 0 Å². The van der Waals surface area contributed by atoms with Gasteiger partial charge in [-0.1, -0.05) is 11.6 Å². The van der Waals surface area contributed by atoms with Crippen molar-refractivity contribution in [3.63, 3.8) is 0 Å². The summed E-state index contributed by atoms with van der Waals surface area (Å²) in [5.41, 5.74) is 2.25. The summed E-state index contributed by atoms with van der Waals surface area (Å²) in [6.07, 6.45) is 2.88. The minimum atomic E-state index is -0.347. The maximum absolute atomic E-state index is 11.6. The third-order valence-electron chi connectivity index (χ3n) is 4.12. The first-order valence-electron chi connectivity index (χ1n) is 7.86. The summed E-state index contributed by atoms with van der Waals surface area (Å²) in [6.45, 7) is 8.68. The first kappa shape index (κ1) is 15.8. The number of hydrogen-bond donors (Lipinski definition) is 0. The van der Waals surface area contributed by atoms with Gasteiger partial charge in [-0.3, -0.25) is 0 Å². The highest BCUT2D eigenvalue weighted by molar-refractivity contribution is 5.82. The van der Waals surface area contributed by atoms with Crippen LogP contribution in [0.3, 0.4) is 0 Å². The summed E-state index contributed by atoms with van der Waals surface area (Å²) in [4.78, 5) is 11.6. The predicted octanol–water partition coefficient (Wildman–Crippen LogP) is 3.86. The number of epoxide rings is 1. The largest absolute Gasteiger partial charge is 0.490 e. The van der Waals surface area contributed by atoms with Crippen molar-refractivity contribution in [2.75, 3.05) is 6.61 Å². The van der Waals surface area contributed by atoms with E-state index in [-0.39, 0.29) is 17.3 Å². The molecule has 1 atom stereocenters. The van der Waals surface area contributed by atoms with E-state index in [1.807, 2.05) is 39.8 Å². The van der Waals surface area contributed by atoms with Gasteiger partial charge >= 0.3 is 5.63 Å². The van der Waals surface area contributed by atoms with E-state index < -0.39 is 0 Å². The standard InChI is InChI=1S/C19H22O4/c1-12(2)5-8-14-15(21-11-16-19(3,4)23-16)9-6-13-7-10-17(20)22-18(13)14/h5-7,9-10,16H,8,11H2,1-4H3/t16-/m0/s1. The van der Waals surface area contributed by atoms with Crippen molar-refractivity contribution < 1.29 is 13.9 Å². The summed E-state index contributed by atoms with van der Waals surface area (Å²) >= 11 is 0. The molecule has 2 aromatic rings. The molecule has 0 aliphatic carbocycles. The van der Waals surface area contributed by atoms with Gasteiger partial charge < -0.3 is 13.9 Å². The molecule has 0 unspecified atom stereocenters. The van der Waals surface area contributed by atoms with E-state index in [9.17, 15) is 4.79 Å². The molecule has 4 nitrogen and oxygen atoms in total. The summed E-state index contributed by atoms with van der Waals surface area (Å²) in [7, 11) is 0. The molecule has 0 radical (unpaired) electrons. The monoisotopic (exact) mass is 314 g/mol. The molecule has 0 bridgehead atoms. The quantitative estimate of drug-likeness (QED) is 0.478. The third kappa shape index (κ3) is 3.48. The normalized spacial score (nSPS) is 18.7. The summed E-state index contributed by atoms with van der Waals surface area (Å²) in [5, 5.41) is 0.900. The van der Waals surface area contributed by atoms with Crippen LogP contribution in [0.2, 0.25) is 0 Å². The van der Waals surface area contributed by atoms with Crippen LogP contribution in [-0.2, 0) is 11.2 Å². The predicted molar refractivity (Wildman–Crippen MR) is 90.1 cm³/mol. The lowest BCUT2D eigenvalue weighted by atomic mass is 10.1. The van der Waals surface area contributed by atoms with Gasteiger partial charge in [-0.2, -0.15) is 0 Å². The molecule has 3 rings (SSSR count). The van der Waals surface area contributed by atoms with Crippen molar-refractivity contribution in [1.82, 2.24) is 0 Å². The molecule has 4 heteroatoms. The van der Waals surface area contributed by atoms with Gasteiger partial charge in [0.15, 0.2) is 0 Å². The fourth-order valence-corrected chi connectivity index (χ4v) is 2.54. The maximum atomic E-state index is 11.6. The maximum Gasteiger partial charge on any atom is 0.336 e. The highest BCUT2D eigenvalue weighted by Gasteiger charge is 2.48. The van der Waals surface area contributed by atoms with E-state index in [2.05, 4.69) is 6.08 Å². The van der Waals surface area contributed by atoms with Gasteiger partial charge in [0.25, 0.3) is 0 Å². The van der Waals surface area contributed by atoms with Crippen LogP contribution in [0.5, 0.6) is 5.75 Å². The molecule has 1 aromatic carbocycles. The molecule has 0 N–H and O–H groups in total. The van der Waals surface area contributed by atoms with Crippen molar-refractivity contribution >= 4 is 11.0 Å². The number of rotatable bonds is 5. The minimum Gasteiger partial charge on any atom is -0.490 e. The molecule has 1 fully saturated rings. The smallest absolute Gasteiger partial charge is 0.336 e. The molecule has 1 saturated heterocycles. The van der Waals surface area contributed by atoms with E-state index in [1.165, 1.54) is 11.6 Å². The van der Waals surface area contributed by atoms with E-state index in [4.69, 9.17) is 13.9 Å². The van der Waals surface area contributed by atoms with E-state index in [0.717, 1.165) is 16.7 Å². The number of ether oxygens (including phenoxy) is 2. The summed E-state index contributed by atoms with van der Waals surface area (Å²) in [5.74, 6) is 0.746. The average molecular weight is 314 g/mol. The Morgan fingerprint density at radius 1 is 1.26 bits per heavy atom. The van der Waals surface area contributed by atoms with Gasteiger partial charge in [-0.25, -0.2) is 4.79 Å². The Hall–Kier alpha value is -2.07. The van der Waals surface area contributed by atoms with Crippen molar-refractivity contribution in [2.24, 2.45) is 0 Å². The minimum absolute atomic E-state index is 0.108. The highest BCUT2D eigenvalue weighted by atomic mass is 16.6. The van der Waals surface area contributed by atoms with Crippen LogP contribution >= 0.6 is 0 Å².